The molecule has 0 aliphatic heterocycles. The monoisotopic (exact) mass is 358 g/mol. The van der Waals surface area contributed by atoms with Gasteiger partial charge in [-0.05, 0) is 25.0 Å². The number of hydrogen-bond donors (Lipinski definition) is 3. The molecule has 1 aliphatic carbocycles. The minimum atomic E-state index is -0.683. The summed E-state index contributed by atoms with van der Waals surface area (Å²) in [6.45, 7) is 0. The van der Waals surface area contributed by atoms with E-state index in [9.17, 15) is 19.5 Å². The number of hydrazine groups is 1. The normalized spacial score (nSPS) is 14.6. The second kappa shape index (κ2) is 6.80. The minimum Gasteiger partial charge on any atom is -0.505 e. The summed E-state index contributed by atoms with van der Waals surface area (Å²) in [6.07, 6.45) is 3.80. The van der Waals surface area contributed by atoms with Gasteiger partial charge in [-0.1, -0.05) is 18.9 Å². The number of benzene rings is 1. The highest BCUT2D eigenvalue weighted by atomic mass is 16.3. The number of carbonyl (C=O) groups excluding carboxylic acids is 1. The molecule has 26 heavy (non-hydrogen) atoms. The molecule has 1 fully saturated rings. The number of para-hydroxylation sites is 1. The van der Waals surface area contributed by atoms with Crippen molar-refractivity contribution in [2.24, 2.45) is 5.84 Å². The van der Waals surface area contributed by atoms with Crippen molar-refractivity contribution >= 4 is 23.0 Å². The van der Waals surface area contributed by atoms with Gasteiger partial charge in [-0.2, -0.15) is 0 Å². The van der Waals surface area contributed by atoms with Crippen LogP contribution in [0.25, 0.3) is 0 Å². The SMILES string of the molecule is CN(C)C(=O)c1cccc(Nc2c(N(N)C3CCCC3)c(=O)c2=O)c1O. The summed E-state index contributed by atoms with van der Waals surface area (Å²) in [6, 6.07) is 4.62. The fourth-order valence-electron chi connectivity index (χ4n) is 3.30. The number of amides is 1. The summed E-state index contributed by atoms with van der Waals surface area (Å²) < 4.78 is 0. The molecule has 8 nitrogen and oxygen atoms in total. The van der Waals surface area contributed by atoms with Gasteiger partial charge in [0.2, 0.25) is 0 Å². The number of hydrogen-bond acceptors (Lipinski definition) is 7. The van der Waals surface area contributed by atoms with E-state index < -0.39 is 10.9 Å². The summed E-state index contributed by atoms with van der Waals surface area (Å²) in [5, 5.41) is 14.5. The quantitative estimate of drug-likeness (QED) is 0.317. The number of nitrogens with zero attached hydrogens (tertiary/aromatic N) is 2. The Morgan fingerprint density at radius 1 is 1.19 bits per heavy atom. The third kappa shape index (κ3) is 2.92. The van der Waals surface area contributed by atoms with Gasteiger partial charge in [0.25, 0.3) is 16.8 Å². The van der Waals surface area contributed by atoms with Crippen molar-refractivity contribution in [3.63, 3.8) is 0 Å². The highest BCUT2D eigenvalue weighted by Gasteiger charge is 2.31. The van der Waals surface area contributed by atoms with E-state index in [0.29, 0.717) is 0 Å². The molecule has 0 heterocycles. The zero-order valence-corrected chi connectivity index (χ0v) is 14.8. The molecule has 0 saturated heterocycles. The van der Waals surface area contributed by atoms with E-state index in [1.165, 1.54) is 22.0 Å². The largest absolute Gasteiger partial charge is 0.505 e. The van der Waals surface area contributed by atoms with Crippen LogP contribution in [0.3, 0.4) is 0 Å². The Morgan fingerprint density at radius 2 is 1.85 bits per heavy atom. The Morgan fingerprint density at radius 3 is 2.46 bits per heavy atom. The van der Waals surface area contributed by atoms with Gasteiger partial charge in [-0.3, -0.25) is 14.4 Å². The number of anilines is 3. The van der Waals surface area contributed by atoms with Crippen molar-refractivity contribution in [2.45, 2.75) is 31.7 Å². The Hall–Kier alpha value is -2.87. The number of nitrogens with one attached hydrogen (secondary N) is 1. The third-order valence-electron chi connectivity index (χ3n) is 4.79. The lowest BCUT2D eigenvalue weighted by atomic mass is 10.1. The predicted octanol–water partition coefficient (Wildman–Crippen LogP) is 1.06. The second-order valence-corrected chi connectivity index (χ2v) is 6.75. The van der Waals surface area contributed by atoms with Gasteiger partial charge in [-0.25, -0.2) is 5.84 Å². The van der Waals surface area contributed by atoms with Crippen LogP contribution in [0.15, 0.2) is 27.8 Å². The van der Waals surface area contributed by atoms with Crippen molar-refractivity contribution in [3.8, 4) is 5.75 Å². The maximum Gasteiger partial charge on any atom is 0.257 e. The number of nitrogens with two attached hydrogens (primary N) is 1. The Kier molecular flexibility index (Phi) is 4.69. The van der Waals surface area contributed by atoms with Crippen LogP contribution in [0.1, 0.15) is 36.0 Å². The van der Waals surface area contributed by atoms with Crippen molar-refractivity contribution in [1.29, 1.82) is 0 Å². The second-order valence-electron chi connectivity index (χ2n) is 6.75. The average molecular weight is 358 g/mol. The molecule has 1 aliphatic rings. The van der Waals surface area contributed by atoms with Crippen molar-refractivity contribution < 1.29 is 9.90 Å². The van der Waals surface area contributed by atoms with Crippen LogP contribution >= 0.6 is 0 Å². The lowest BCUT2D eigenvalue weighted by Crippen LogP contribution is -2.49. The molecule has 0 radical (unpaired) electrons. The van der Waals surface area contributed by atoms with Gasteiger partial charge in [-0.15, -0.1) is 0 Å². The zero-order chi connectivity index (χ0) is 19.0. The summed E-state index contributed by atoms with van der Waals surface area (Å²) >= 11 is 0. The summed E-state index contributed by atoms with van der Waals surface area (Å²) in [5.41, 5.74) is -0.870. The molecular weight excluding hydrogens is 336 g/mol. The maximum atomic E-state index is 12.1. The summed E-state index contributed by atoms with van der Waals surface area (Å²) in [7, 11) is 3.15. The molecule has 0 bridgehead atoms. The molecule has 0 unspecified atom stereocenters. The van der Waals surface area contributed by atoms with E-state index >= 15 is 0 Å². The van der Waals surface area contributed by atoms with E-state index in [1.807, 2.05) is 0 Å². The number of phenols is 1. The molecule has 1 saturated carbocycles. The van der Waals surface area contributed by atoms with Crippen molar-refractivity contribution in [3.05, 3.63) is 44.2 Å². The Balaban J connectivity index is 1.92. The van der Waals surface area contributed by atoms with Crippen LogP contribution in [0.5, 0.6) is 5.75 Å². The van der Waals surface area contributed by atoms with Crippen LogP contribution in [0.4, 0.5) is 17.1 Å². The molecule has 8 heteroatoms. The predicted molar refractivity (Wildman–Crippen MR) is 99.7 cm³/mol. The van der Waals surface area contributed by atoms with E-state index in [-0.39, 0.29) is 40.3 Å². The van der Waals surface area contributed by atoms with Gasteiger partial charge in [0, 0.05) is 20.1 Å². The lowest BCUT2D eigenvalue weighted by molar-refractivity contribution is 0.0824. The van der Waals surface area contributed by atoms with Crippen LogP contribution < -0.4 is 27.0 Å². The fraction of sp³-hybridized carbons (Fsp3) is 0.389. The van der Waals surface area contributed by atoms with Crippen LogP contribution in [0.2, 0.25) is 0 Å². The third-order valence-corrected chi connectivity index (χ3v) is 4.79. The molecule has 0 aromatic heterocycles. The van der Waals surface area contributed by atoms with E-state index in [1.54, 1.807) is 20.2 Å². The number of phenolic OH excluding ortho intramolecular Hbond substituents is 1. The molecule has 1 amide bonds. The highest BCUT2D eigenvalue weighted by molar-refractivity contribution is 5.99. The first-order valence-electron chi connectivity index (χ1n) is 8.50. The maximum absolute atomic E-state index is 12.1. The molecule has 138 valence electrons. The first kappa shape index (κ1) is 17.9. The zero-order valence-electron chi connectivity index (χ0n) is 14.8. The first-order chi connectivity index (χ1) is 12.3. The van der Waals surface area contributed by atoms with Gasteiger partial charge >= 0.3 is 0 Å². The molecule has 3 rings (SSSR count). The highest BCUT2D eigenvalue weighted by Crippen LogP contribution is 2.34. The van der Waals surface area contributed by atoms with Crippen LogP contribution in [-0.4, -0.2) is 36.1 Å². The Bertz CT molecular complexity index is 909. The van der Waals surface area contributed by atoms with Crippen LogP contribution in [0, 0.1) is 0 Å². The topological polar surface area (TPSA) is 116 Å². The standard InChI is InChI=1S/C18H22N4O4/c1-21(2)18(26)11-8-5-9-12(15(11)23)20-13-14(17(25)16(13)24)22(19)10-6-3-4-7-10/h5,8-10,20,23H,3-4,6-7,19H2,1-2H3. The van der Waals surface area contributed by atoms with Gasteiger partial charge in [0.15, 0.2) is 5.75 Å². The lowest BCUT2D eigenvalue weighted by Gasteiger charge is -2.28. The molecule has 0 spiro atoms. The van der Waals surface area contributed by atoms with Gasteiger partial charge < -0.3 is 20.3 Å². The minimum absolute atomic E-state index is 0.0223. The van der Waals surface area contributed by atoms with E-state index in [4.69, 9.17) is 5.84 Å². The molecule has 2 aromatic rings. The number of carbonyl (C=O) groups is 1. The molecule has 2 aromatic carbocycles. The first-order valence-corrected chi connectivity index (χ1v) is 8.50. The smallest absolute Gasteiger partial charge is 0.257 e. The molecular formula is C18H22N4O4. The number of rotatable bonds is 5. The number of aromatic hydroxyl groups is 1. The van der Waals surface area contributed by atoms with E-state index in [0.717, 1.165) is 25.7 Å². The van der Waals surface area contributed by atoms with Gasteiger partial charge in [0.1, 0.15) is 11.4 Å². The van der Waals surface area contributed by atoms with Gasteiger partial charge in [0.05, 0.1) is 11.3 Å². The van der Waals surface area contributed by atoms with Crippen LogP contribution in [-0.2, 0) is 0 Å². The fourth-order valence-corrected chi connectivity index (χ4v) is 3.30. The summed E-state index contributed by atoms with van der Waals surface area (Å²) in [5.74, 6) is 5.42. The molecule has 0 atom stereocenters. The summed E-state index contributed by atoms with van der Waals surface area (Å²) in [4.78, 5) is 37.5. The molecule has 4 N–H and O–H groups in total. The van der Waals surface area contributed by atoms with E-state index in [2.05, 4.69) is 5.32 Å². The Labute approximate surface area is 150 Å². The van der Waals surface area contributed by atoms with Crippen molar-refractivity contribution in [2.75, 3.05) is 24.4 Å². The average Bonchev–Trinajstić information content (AvgIpc) is 3.16. The van der Waals surface area contributed by atoms with Crippen molar-refractivity contribution in [1.82, 2.24) is 4.90 Å².